The maximum atomic E-state index is 15.0. The van der Waals surface area contributed by atoms with E-state index in [-0.39, 0.29) is 17.3 Å². The van der Waals surface area contributed by atoms with Crippen LogP contribution in [0.1, 0.15) is 79.4 Å². The number of rotatable bonds is 7. The molecule has 0 bridgehead atoms. The Morgan fingerprint density at radius 1 is 0.841 bits per heavy atom. The van der Waals surface area contributed by atoms with E-state index in [9.17, 15) is 14.0 Å². The van der Waals surface area contributed by atoms with Crippen molar-refractivity contribution in [3.05, 3.63) is 89.0 Å². The molecule has 3 aromatic carbocycles. The van der Waals surface area contributed by atoms with Crippen LogP contribution in [0.5, 0.6) is 0 Å². The highest BCUT2D eigenvalue weighted by Gasteiger charge is 2.40. The highest BCUT2D eigenvalue weighted by molar-refractivity contribution is 5.98. The number of hydrogen-bond donors (Lipinski definition) is 2. The predicted octanol–water partition coefficient (Wildman–Crippen LogP) is 7.71. The Labute approximate surface area is 258 Å². The number of likely N-dealkylation sites (tertiary alicyclic amines) is 1. The third-order valence-corrected chi connectivity index (χ3v) is 9.62. The molecule has 6 nitrogen and oxygen atoms in total. The monoisotopic (exact) mass is 600 g/mol. The summed E-state index contributed by atoms with van der Waals surface area (Å²) < 4.78 is 29.8. The first-order chi connectivity index (χ1) is 21.3. The van der Waals surface area contributed by atoms with Gasteiger partial charge in [0.15, 0.2) is 0 Å². The molecule has 6 rings (SSSR count). The van der Waals surface area contributed by atoms with E-state index in [4.69, 9.17) is 0 Å². The number of carbonyl (C=O) groups excluding carboxylic acids is 2. The van der Waals surface area contributed by atoms with Gasteiger partial charge < -0.3 is 20.4 Å². The van der Waals surface area contributed by atoms with Crippen LogP contribution in [0, 0.1) is 30.4 Å². The molecule has 2 unspecified atom stereocenters. The molecule has 2 aliphatic heterocycles. The Morgan fingerprint density at radius 2 is 1.59 bits per heavy atom. The largest absolute Gasteiger partial charge is 0.382 e. The van der Waals surface area contributed by atoms with Crippen LogP contribution in [0.3, 0.4) is 0 Å². The fourth-order valence-corrected chi connectivity index (χ4v) is 7.26. The standard InChI is InChI=1S/C36H42F2N4O2/c1-23-18-20-41(22-23)32-21-28(16-17-30(32)37)40-35(43)29-10-6-19-42(36(44)33-24(2)7-5-11-31(33)38)34(29)25-12-14-27(15-13-25)39-26-8-3-4-9-26/h5,7,11-17,21,23,26,29,34,39H,3-4,6,8-10,18-20,22H2,1-2H3,(H,40,43)/t23-,29?,34?/m0/s1. The number of piperidine rings is 1. The molecule has 44 heavy (non-hydrogen) atoms. The summed E-state index contributed by atoms with van der Waals surface area (Å²) in [6.07, 6.45) is 6.94. The van der Waals surface area contributed by atoms with E-state index in [1.165, 1.54) is 25.0 Å². The Bertz CT molecular complexity index is 1480. The number of aryl methyl sites for hydroxylation is 1. The van der Waals surface area contributed by atoms with E-state index in [0.29, 0.717) is 48.3 Å². The van der Waals surface area contributed by atoms with Crippen LogP contribution in [0.2, 0.25) is 0 Å². The van der Waals surface area contributed by atoms with Crippen LogP contribution in [0.25, 0.3) is 0 Å². The maximum Gasteiger partial charge on any atom is 0.257 e. The van der Waals surface area contributed by atoms with Gasteiger partial charge in [-0.25, -0.2) is 8.78 Å². The second-order valence-electron chi connectivity index (χ2n) is 12.9. The molecule has 2 saturated heterocycles. The lowest BCUT2D eigenvalue weighted by molar-refractivity contribution is -0.123. The number of carbonyl (C=O) groups is 2. The van der Waals surface area contributed by atoms with Crippen molar-refractivity contribution in [3.8, 4) is 0 Å². The van der Waals surface area contributed by atoms with Gasteiger partial charge >= 0.3 is 0 Å². The molecule has 232 valence electrons. The number of nitrogens with zero attached hydrogens (tertiary/aromatic N) is 2. The Hall–Kier alpha value is -3.94. The van der Waals surface area contributed by atoms with Crippen LogP contribution >= 0.6 is 0 Å². The molecule has 0 radical (unpaired) electrons. The van der Waals surface area contributed by atoms with E-state index in [1.54, 1.807) is 36.1 Å². The first-order valence-corrected chi connectivity index (χ1v) is 16.1. The molecule has 3 aliphatic rings. The number of hydrogen-bond acceptors (Lipinski definition) is 4. The van der Waals surface area contributed by atoms with Crippen molar-refractivity contribution in [2.45, 2.75) is 70.9 Å². The summed E-state index contributed by atoms with van der Waals surface area (Å²) in [4.78, 5) is 31.7. The fourth-order valence-electron chi connectivity index (χ4n) is 7.26. The minimum Gasteiger partial charge on any atom is -0.382 e. The summed E-state index contributed by atoms with van der Waals surface area (Å²) in [6.45, 7) is 5.85. The minimum absolute atomic E-state index is 0.0427. The van der Waals surface area contributed by atoms with Crippen molar-refractivity contribution in [2.24, 2.45) is 11.8 Å². The molecular formula is C36H42F2N4O2. The zero-order valence-electron chi connectivity index (χ0n) is 25.6. The summed E-state index contributed by atoms with van der Waals surface area (Å²) in [5, 5.41) is 6.64. The molecule has 2 amide bonds. The normalized spacial score (nSPS) is 22.3. The smallest absolute Gasteiger partial charge is 0.257 e. The van der Waals surface area contributed by atoms with Crippen LogP contribution in [-0.4, -0.2) is 42.4 Å². The molecule has 3 aromatic rings. The van der Waals surface area contributed by atoms with Gasteiger partial charge in [0.25, 0.3) is 5.91 Å². The summed E-state index contributed by atoms with van der Waals surface area (Å²) in [6, 6.07) is 17.2. The van der Waals surface area contributed by atoms with Crippen molar-refractivity contribution >= 4 is 28.9 Å². The summed E-state index contributed by atoms with van der Waals surface area (Å²) in [5.41, 5.74) is 3.46. The topological polar surface area (TPSA) is 64.7 Å². The second-order valence-corrected chi connectivity index (χ2v) is 12.9. The zero-order valence-corrected chi connectivity index (χ0v) is 25.6. The molecule has 8 heteroatoms. The van der Waals surface area contributed by atoms with Gasteiger partial charge in [0, 0.05) is 37.1 Å². The first kappa shape index (κ1) is 30.1. The molecular weight excluding hydrogens is 558 g/mol. The Kier molecular flexibility index (Phi) is 8.87. The molecule has 3 atom stereocenters. The van der Waals surface area contributed by atoms with Gasteiger partial charge in [-0.15, -0.1) is 0 Å². The van der Waals surface area contributed by atoms with Gasteiger partial charge in [-0.3, -0.25) is 9.59 Å². The highest BCUT2D eigenvalue weighted by atomic mass is 19.1. The van der Waals surface area contributed by atoms with E-state index < -0.39 is 23.7 Å². The first-order valence-electron chi connectivity index (χ1n) is 16.1. The Balaban J connectivity index is 1.30. The number of benzene rings is 3. The van der Waals surface area contributed by atoms with Crippen LogP contribution in [0.15, 0.2) is 60.7 Å². The van der Waals surface area contributed by atoms with Gasteiger partial charge in [-0.05, 0) is 92.5 Å². The van der Waals surface area contributed by atoms with Crippen molar-refractivity contribution in [2.75, 3.05) is 35.2 Å². The lowest BCUT2D eigenvalue weighted by Crippen LogP contribution is -2.46. The zero-order chi connectivity index (χ0) is 30.8. The van der Waals surface area contributed by atoms with Gasteiger partial charge in [0.05, 0.1) is 23.2 Å². The summed E-state index contributed by atoms with van der Waals surface area (Å²) in [7, 11) is 0. The van der Waals surface area contributed by atoms with Gasteiger partial charge in [-0.1, -0.05) is 44.0 Å². The average Bonchev–Trinajstić information content (AvgIpc) is 3.69. The van der Waals surface area contributed by atoms with E-state index in [2.05, 4.69) is 17.6 Å². The Morgan fingerprint density at radius 3 is 2.30 bits per heavy atom. The summed E-state index contributed by atoms with van der Waals surface area (Å²) in [5.74, 6) is -1.62. The molecule has 3 fully saturated rings. The van der Waals surface area contributed by atoms with Gasteiger partial charge in [-0.2, -0.15) is 0 Å². The van der Waals surface area contributed by atoms with Crippen molar-refractivity contribution < 1.29 is 18.4 Å². The summed E-state index contributed by atoms with van der Waals surface area (Å²) >= 11 is 0. The molecule has 2 N–H and O–H groups in total. The highest BCUT2D eigenvalue weighted by Crippen LogP contribution is 2.39. The number of nitrogens with one attached hydrogen (secondary N) is 2. The average molecular weight is 601 g/mol. The van der Waals surface area contributed by atoms with Crippen LogP contribution in [-0.2, 0) is 4.79 Å². The van der Waals surface area contributed by atoms with E-state index in [0.717, 1.165) is 43.6 Å². The molecule has 1 saturated carbocycles. The van der Waals surface area contributed by atoms with Gasteiger partial charge in [0.2, 0.25) is 5.91 Å². The quantitative estimate of drug-likeness (QED) is 0.292. The van der Waals surface area contributed by atoms with Crippen LogP contribution < -0.4 is 15.5 Å². The molecule has 0 aromatic heterocycles. The fraction of sp³-hybridized carbons (Fsp3) is 0.444. The SMILES string of the molecule is Cc1cccc(F)c1C(=O)N1CCCC(C(=O)Nc2ccc(F)c(N3CC[C@H](C)C3)c2)C1c1ccc(NC2CCCC2)cc1. The van der Waals surface area contributed by atoms with Crippen molar-refractivity contribution in [3.63, 3.8) is 0 Å². The lowest BCUT2D eigenvalue weighted by Gasteiger charge is -2.41. The minimum atomic E-state index is -0.588. The van der Waals surface area contributed by atoms with Gasteiger partial charge in [0.1, 0.15) is 11.6 Å². The molecule has 1 aliphatic carbocycles. The molecule has 0 spiro atoms. The van der Waals surface area contributed by atoms with E-state index >= 15 is 4.39 Å². The number of anilines is 3. The predicted molar refractivity (Wildman–Crippen MR) is 171 cm³/mol. The third-order valence-electron chi connectivity index (χ3n) is 9.62. The maximum absolute atomic E-state index is 15.0. The van der Waals surface area contributed by atoms with Crippen LogP contribution in [0.4, 0.5) is 25.8 Å². The number of amides is 2. The van der Waals surface area contributed by atoms with E-state index in [1.807, 2.05) is 29.2 Å². The lowest BCUT2D eigenvalue weighted by atomic mass is 9.83. The van der Waals surface area contributed by atoms with Crippen molar-refractivity contribution in [1.82, 2.24) is 4.90 Å². The van der Waals surface area contributed by atoms with Crippen molar-refractivity contribution in [1.29, 1.82) is 0 Å². The molecule has 2 heterocycles. The third kappa shape index (κ3) is 6.30. The number of halogens is 2. The second kappa shape index (κ2) is 13.0.